The first-order valence-corrected chi connectivity index (χ1v) is 6.48. The molecule has 14 heavy (non-hydrogen) atoms. The third-order valence-corrected chi connectivity index (χ3v) is 4.64. The van der Waals surface area contributed by atoms with Crippen molar-refractivity contribution >= 4 is 0 Å². The molecule has 0 amide bonds. The molecule has 0 aromatic rings. The van der Waals surface area contributed by atoms with Crippen LogP contribution in [-0.4, -0.2) is 11.7 Å². The number of rotatable bonds is 2. The van der Waals surface area contributed by atoms with E-state index in [-0.39, 0.29) is 0 Å². The van der Waals surface area contributed by atoms with E-state index in [1.807, 2.05) is 0 Å². The highest BCUT2D eigenvalue weighted by Crippen LogP contribution is 2.47. The Kier molecular flexibility index (Phi) is 3.48. The molecule has 0 saturated heterocycles. The molecule has 82 valence electrons. The molecule has 1 nitrogen and oxygen atoms in total. The van der Waals surface area contributed by atoms with Crippen molar-refractivity contribution in [3.05, 3.63) is 0 Å². The van der Waals surface area contributed by atoms with Crippen molar-refractivity contribution in [1.29, 1.82) is 0 Å². The molecule has 2 fully saturated rings. The number of aliphatic hydroxyl groups is 1. The molecular weight excluding hydrogens is 172 g/mol. The smallest absolute Gasteiger partial charge is 0.0490 e. The second kappa shape index (κ2) is 4.65. The Bertz CT molecular complexity index is 164. The first kappa shape index (κ1) is 10.5. The van der Waals surface area contributed by atoms with Crippen molar-refractivity contribution in [3.8, 4) is 0 Å². The van der Waals surface area contributed by atoms with E-state index in [1.54, 1.807) is 0 Å². The lowest BCUT2D eigenvalue weighted by molar-refractivity contribution is 0.00642. The fraction of sp³-hybridized carbons (Fsp3) is 1.00. The van der Waals surface area contributed by atoms with E-state index in [4.69, 9.17) is 0 Å². The zero-order chi connectivity index (χ0) is 9.86. The first-order valence-electron chi connectivity index (χ1n) is 6.48. The number of aliphatic hydroxyl groups excluding tert-OH is 1. The van der Waals surface area contributed by atoms with Crippen molar-refractivity contribution in [2.24, 2.45) is 11.3 Å². The van der Waals surface area contributed by atoms with E-state index in [9.17, 15) is 5.11 Å². The molecule has 2 aliphatic carbocycles. The average molecular weight is 196 g/mol. The molecule has 0 spiro atoms. The van der Waals surface area contributed by atoms with Gasteiger partial charge in [-0.15, -0.1) is 0 Å². The number of hydrogen-bond acceptors (Lipinski definition) is 1. The molecule has 2 saturated carbocycles. The van der Waals surface area contributed by atoms with Crippen molar-refractivity contribution in [2.45, 2.75) is 64.2 Å². The predicted molar refractivity (Wildman–Crippen MR) is 59.2 cm³/mol. The van der Waals surface area contributed by atoms with Crippen LogP contribution in [0.3, 0.4) is 0 Å². The van der Waals surface area contributed by atoms with Crippen molar-refractivity contribution in [1.82, 2.24) is 0 Å². The Morgan fingerprint density at radius 2 is 1.43 bits per heavy atom. The summed E-state index contributed by atoms with van der Waals surface area (Å²) in [6.45, 7) is 0.456. The van der Waals surface area contributed by atoms with E-state index >= 15 is 0 Å². The van der Waals surface area contributed by atoms with Crippen LogP contribution in [0.5, 0.6) is 0 Å². The largest absolute Gasteiger partial charge is 0.396 e. The van der Waals surface area contributed by atoms with Gasteiger partial charge in [0.15, 0.2) is 0 Å². The van der Waals surface area contributed by atoms with Crippen molar-refractivity contribution in [2.75, 3.05) is 6.61 Å². The molecule has 1 heteroatoms. The van der Waals surface area contributed by atoms with E-state index < -0.39 is 0 Å². The van der Waals surface area contributed by atoms with Crippen LogP contribution in [0.1, 0.15) is 64.2 Å². The van der Waals surface area contributed by atoms with Gasteiger partial charge in [0.2, 0.25) is 0 Å². The quantitative estimate of drug-likeness (QED) is 0.716. The fourth-order valence-electron chi connectivity index (χ4n) is 3.67. The summed E-state index contributed by atoms with van der Waals surface area (Å²) in [7, 11) is 0. The van der Waals surface area contributed by atoms with Gasteiger partial charge in [0.05, 0.1) is 0 Å². The Morgan fingerprint density at radius 3 is 2.00 bits per heavy atom. The highest BCUT2D eigenvalue weighted by Gasteiger charge is 2.39. The van der Waals surface area contributed by atoms with Crippen LogP contribution in [0.2, 0.25) is 0 Å². The molecule has 1 N–H and O–H groups in total. The third-order valence-electron chi connectivity index (χ3n) is 4.64. The van der Waals surface area contributed by atoms with E-state index in [1.165, 1.54) is 64.2 Å². The predicted octanol–water partition coefficient (Wildman–Crippen LogP) is 3.51. The van der Waals surface area contributed by atoms with Crippen LogP contribution in [0.25, 0.3) is 0 Å². The normalized spacial score (nSPS) is 28.9. The summed E-state index contributed by atoms with van der Waals surface area (Å²) in [5.74, 6) is 0.849. The maximum atomic E-state index is 9.69. The minimum Gasteiger partial charge on any atom is -0.396 e. The molecule has 2 rings (SSSR count). The Hall–Kier alpha value is -0.0400. The van der Waals surface area contributed by atoms with Crippen molar-refractivity contribution < 1.29 is 5.11 Å². The van der Waals surface area contributed by atoms with Crippen LogP contribution < -0.4 is 0 Å². The summed E-state index contributed by atoms with van der Waals surface area (Å²) in [4.78, 5) is 0. The van der Waals surface area contributed by atoms with E-state index in [2.05, 4.69) is 0 Å². The van der Waals surface area contributed by atoms with Crippen LogP contribution >= 0.6 is 0 Å². The lowest BCUT2D eigenvalue weighted by Gasteiger charge is -2.44. The van der Waals surface area contributed by atoms with Gasteiger partial charge in [-0.3, -0.25) is 0 Å². The topological polar surface area (TPSA) is 20.2 Å². The maximum Gasteiger partial charge on any atom is 0.0490 e. The molecule has 0 aromatic carbocycles. The van der Waals surface area contributed by atoms with Crippen LogP contribution in [0, 0.1) is 11.3 Å². The summed E-state index contributed by atoms with van der Waals surface area (Å²) in [5.41, 5.74) is 0.346. The molecule has 0 bridgehead atoms. The monoisotopic (exact) mass is 196 g/mol. The standard InChI is InChI=1S/C13H24O/c14-11-13(9-5-2-6-10-13)12-7-3-1-4-8-12/h12,14H,1-11H2. The van der Waals surface area contributed by atoms with Gasteiger partial charge >= 0.3 is 0 Å². The third kappa shape index (κ3) is 1.98. The second-order valence-corrected chi connectivity index (χ2v) is 5.42. The number of hydrogen-bond donors (Lipinski definition) is 1. The minimum atomic E-state index is 0.346. The fourth-order valence-corrected chi connectivity index (χ4v) is 3.67. The van der Waals surface area contributed by atoms with E-state index in [0.29, 0.717) is 12.0 Å². The molecule has 0 aromatic heterocycles. The SMILES string of the molecule is OCC1(C2CCCCC2)CCCCC1. The van der Waals surface area contributed by atoms with Gasteiger partial charge in [0.1, 0.15) is 0 Å². The minimum absolute atomic E-state index is 0.346. The molecule has 0 radical (unpaired) electrons. The van der Waals surface area contributed by atoms with Crippen LogP contribution in [0.15, 0.2) is 0 Å². The molecule has 0 atom stereocenters. The summed E-state index contributed by atoms with van der Waals surface area (Å²) in [5, 5.41) is 9.69. The van der Waals surface area contributed by atoms with Gasteiger partial charge in [0.25, 0.3) is 0 Å². The second-order valence-electron chi connectivity index (χ2n) is 5.42. The lowest BCUT2D eigenvalue weighted by atomic mass is 9.62. The summed E-state index contributed by atoms with van der Waals surface area (Å²) in [6, 6.07) is 0. The molecule has 0 unspecified atom stereocenters. The van der Waals surface area contributed by atoms with E-state index in [0.717, 1.165) is 5.92 Å². The van der Waals surface area contributed by atoms with Gasteiger partial charge in [-0.2, -0.15) is 0 Å². The highest BCUT2D eigenvalue weighted by atomic mass is 16.3. The zero-order valence-electron chi connectivity index (χ0n) is 9.30. The zero-order valence-corrected chi connectivity index (χ0v) is 9.30. The Balaban J connectivity index is 2.01. The summed E-state index contributed by atoms with van der Waals surface area (Å²) in [6.07, 6.45) is 13.7. The lowest BCUT2D eigenvalue weighted by Crippen LogP contribution is -2.37. The van der Waals surface area contributed by atoms with Crippen molar-refractivity contribution in [3.63, 3.8) is 0 Å². The molecule has 2 aliphatic rings. The Labute approximate surface area is 87.9 Å². The van der Waals surface area contributed by atoms with Crippen LogP contribution in [-0.2, 0) is 0 Å². The van der Waals surface area contributed by atoms with Gasteiger partial charge in [-0.25, -0.2) is 0 Å². The highest BCUT2D eigenvalue weighted by molar-refractivity contribution is 4.89. The average Bonchev–Trinajstić information content (AvgIpc) is 2.31. The van der Waals surface area contributed by atoms with Gasteiger partial charge in [-0.1, -0.05) is 38.5 Å². The van der Waals surface area contributed by atoms with Gasteiger partial charge < -0.3 is 5.11 Å². The summed E-state index contributed by atoms with van der Waals surface area (Å²) >= 11 is 0. The maximum absolute atomic E-state index is 9.69. The molecule has 0 heterocycles. The first-order chi connectivity index (χ1) is 6.87. The molecule has 0 aliphatic heterocycles. The van der Waals surface area contributed by atoms with Gasteiger partial charge in [-0.05, 0) is 37.0 Å². The van der Waals surface area contributed by atoms with Crippen LogP contribution in [0.4, 0.5) is 0 Å². The summed E-state index contributed by atoms with van der Waals surface area (Å²) < 4.78 is 0. The van der Waals surface area contributed by atoms with Gasteiger partial charge in [0, 0.05) is 6.61 Å². The Morgan fingerprint density at radius 1 is 0.857 bits per heavy atom. The molecular formula is C13H24O.